The van der Waals surface area contributed by atoms with Gasteiger partial charge < -0.3 is 42.6 Å². The van der Waals surface area contributed by atoms with Crippen molar-refractivity contribution in [1.82, 2.24) is 0 Å². The number of carbonyl (C=O) groups excluding carboxylic acids is 1. The highest BCUT2D eigenvalue weighted by atomic mass is 16.6. The van der Waals surface area contributed by atoms with E-state index in [9.17, 15) is 4.79 Å². The van der Waals surface area contributed by atoms with Crippen molar-refractivity contribution < 1.29 is 47.4 Å². The minimum atomic E-state index is 0.232. The predicted octanol–water partition coefficient (Wildman–Crippen LogP) is 2.42. The second-order valence-electron chi connectivity index (χ2n) is 7.74. The molecule has 10 nitrogen and oxygen atoms in total. The monoisotopic (exact) mass is 516 g/mol. The highest BCUT2D eigenvalue weighted by Crippen LogP contribution is 2.10. The molecule has 0 saturated heterocycles. The molecule has 0 fully saturated rings. The summed E-state index contributed by atoms with van der Waals surface area (Å²) in [4.78, 5) is 10.6. The largest absolute Gasteiger partial charge is 0.491 e. The normalized spacial score (nSPS) is 11.3. The van der Waals surface area contributed by atoms with Crippen molar-refractivity contribution in [2.45, 2.75) is 20.0 Å². The van der Waals surface area contributed by atoms with Crippen LogP contribution in [-0.2, 0) is 37.9 Å². The highest BCUT2D eigenvalue weighted by Gasteiger charge is 1.97. The molecule has 208 valence electrons. The van der Waals surface area contributed by atoms with Crippen LogP contribution in [0.5, 0.6) is 5.75 Å². The Kier molecular flexibility index (Phi) is 22.5. The van der Waals surface area contributed by atoms with Gasteiger partial charge in [0.1, 0.15) is 18.6 Å². The standard InChI is InChI=1S/C26H44O10/c1-24(2)35-21-19-33-17-15-31-13-11-29-9-7-28-8-10-30-12-14-32-16-18-34-20-22-36-26-5-3-25(23-27)4-6-26/h3-6,23-24H,7-22H2,1-2H3. The van der Waals surface area contributed by atoms with E-state index < -0.39 is 0 Å². The molecule has 1 rings (SSSR count). The van der Waals surface area contributed by atoms with Crippen LogP contribution in [0.3, 0.4) is 0 Å². The van der Waals surface area contributed by atoms with Crippen molar-refractivity contribution in [2.24, 2.45) is 0 Å². The number of aldehydes is 1. The molecule has 0 spiro atoms. The number of hydrogen-bond donors (Lipinski definition) is 0. The lowest BCUT2D eigenvalue weighted by molar-refractivity contribution is -0.0259. The predicted molar refractivity (Wildman–Crippen MR) is 134 cm³/mol. The van der Waals surface area contributed by atoms with Crippen LogP contribution >= 0.6 is 0 Å². The van der Waals surface area contributed by atoms with Gasteiger partial charge in [-0.2, -0.15) is 0 Å². The fourth-order valence-corrected chi connectivity index (χ4v) is 2.63. The van der Waals surface area contributed by atoms with Gasteiger partial charge >= 0.3 is 0 Å². The maximum absolute atomic E-state index is 10.6. The van der Waals surface area contributed by atoms with Gasteiger partial charge in [0, 0.05) is 5.56 Å². The van der Waals surface area contributed by atoms with E-state index in [1.54, 1.807) is 24.3 Å². The topological polar surface area (TPSA) is 100 Å². The van der Waals surface area contributed by atoms with Crippen LogP contribution in [0, 0.1) is 0 Å². The lowest BCUT2D eigenvalue weighted by Gasteiger charge is -2.09. The number of carbonyl (C=O) groups is 1. The molecule has 1 aromatic rings. The van der Waals surface area contributed by atoms with E-state index in [4.69, 9.17) is 42.6 Å². The maximum Gasteiger partial charge on any atom is 0.150 e. The molecule has 36 heavy (non-hydrogen) atoms. The van der Waals surface area contributed by atoms with Crippen molar-refractivity contribution in [1.29, 1.82) is 0 Å². The van der Waals surface area contributed by atoms with E-state index in [1.165, 1.54) is 0 Å². The summed E-state index contributed by atoms with van der Waals surface area (Å²) in [6.07, 6.45) is 1.03. The van der Waals surface area contributed by atoms with Crippen LogP contribution in [-0.4, -0.2) is 118 Å². The average molecular weight is 517 g/mol. The lowest BCUT2D eigenvalue weighted by atomic mass is 10.2. The smallest absolute Gasteiger partial charge is 0.150 e. The summed E-state index contributed by atoms with van der Waals surface area (Å²) in [5, 5.41) is 0. The molecule has 0 N–H and O–H groups in total. The number of rotatable bonds is 27. The van der Waals surface area contributed by atoms with Crippen molar-refractivity contribution in [3.05, 3.63) is 29.8 Å². The summed E-state index contributed by atoms with van der Waals surface area (Å²) >= 11 is 0. The molecule has 0 heterocycles. The Morgan fingerprint density at radius 1 is 0.528 bits per heavy atom. The minimum absolute atomic E-state index is 0.232. The summed E-state index contributed by atoms with van der Waals surface area (Å²) in [7, 11) is 0. The Labute approximate surface area is 215 Å². The maximum atomic E-state index is 10.6. The van der Waals surface area contributed by atoms with E-state index in [2.05, 4.69) is 0 Å². The summed E-state index contributed by atoms with van der Waals surface area (Å²) in [5.74, 6) is 0.709. The van der Waals surface area contributed by atoms with E-state index in [-0.39, 0.29) is 6.10 Å². The molecule has 0 saturated carbocycles. The van der Waals surface area contributed by atoms with Crippen molar-refractivity contribution >= 4 is 6.29 Å². The molecule has 0 aliphatic carbocycles. The first-order valence-corrected chi connectivity index (χ1v) is 12.6. The highest BCUT2D eigenvalue weighted by molar-refractivity contribution is 5.74. The summed E-state index contributed by atoms with van der Waals surface area (Å²) in [5.41, 5.74) is 0.622. The van der Waals surface area contributed by atoms with E-state index in [0.717, 1.165) is 6.29 Å². The molecule has 0 atom stereocenters. The molecule has 0 bridgehead atoms. The third-order valence-corrected chi connectivity index (χ3v) is 4.42. The molecule has 0 aromatic heterocycles. The fourth-order valence-electron chi connectivity index (χ4n) is 2.63. The Bertz CT molecular complexity index is 597. The zero-order valence-electron chi connectivity index (χ0n) is 21.9. The SMILES string of the molecule is CC(C)OCCOCCOCCOCCOCCOCCOCCOCCOc1ccc(C=O)cc1. The van der Waals surface area contributed by atoms with Gasteiger partial charge in [-0.15, -0.1) is 0 Å². The Morgan fingerprint density at radius 3 is 1.19 bits per heavy atom. The summed E-state index contributed by atoms with van der Waals surface area (Å²) < 4.78 is 48.9. The Balaban J connectivity index is 1.68. The van der Waals surface area contributed by atoms with Gasteiger partial charge in [-0.3, -0.25) is 4.79 Å². The second-order valence-corrected chi connectivity index (χ2v) is 7.74. The van der Waals surface area contributed by atoms with Crippen LogP contribution in [0.2, 0.25) is 0 Å². The lowest BCUT2D eigenvalue weighted by Crippen LogP contribution is -2.15. The van der Waals surface area contributed by atoms with E-state index in [0.29, 0.717) is 117 Å². The molecular weight excluding hydrogens is 472 g/mol. The van der Waals surface area contributed by atoms with Crippen LogP contribution < -0.4 is 4.74 Å². The third kappa shape index (κ3) is 21.6. The first-order valence-electron chi connectivity index (χ1n) is 12.6. The first kappa shape index (κ1) is 32.4. The average Bonchev–Trinajstić information content (AvgIpc) is 2.88. The fraction of sp³-hybridized carbons (Fsp3) is 0.731. The van der Waals surface area contributed by atoms with Gasteiger partial charge in [-0.25, -0.2) is 0 Å². The van der Waals surface area contributed by atoms with Crippen molar-refractivity contribution in [2.75, 3.05) is 106 Å². The summed E-state index contributed by atoms with van der Waals surface area (Å²) in [6.45, 7) is 12.3. The van der Waals surface area contributed by atoms with Crippen molar-refractivity contribution in [3.8, 4) is 5.75 Å². The van der Waals surface area contributed by atoms with Gasteiger partial charge in [-0.05, 0) is 38.1 Å². The van der Waals surface area contributed by atoms with E-state index in [1.807, 2.05) is 13.8 Å². The van der Waals surface area contributed by atoms with Gasteiger partial charge in [0.2, 0.25) is 0 Å². The Hall–Kier alpha value is -1.63. The molecular formula is C26H44O10. The number of hydrogen-bond acceptors (Lipinski definition) is 10. The molecule has 0 amide bonds. The molecule has 0 aliphatic rings. The molecule has 0 unspecified atom stereocenters. The quantitative estimate of drug-likeness (QED) is 0.128. The molecule has 0 radical (unpaired) electrons. The van der Waals surface area contributed by atoms with E-state index >= 15 is 0 Å². The summed E-state index contributed by atoms with van der Waals surface area (Å²) in [6, 6.07) is 6.94. The molecule has 10 heteroatoms. The van der Waals surface area contributed by atoms with Crippen LogP contribution in [0.25, 0.3) is 0 Å². The zero-order chi connectivity index (χ0) is 25.9. The van der Waals surface area contributed by atoms with Crippen molar-refractivity contribution in [3.63, 3.8) is 0 Å². The Morgan fingerprint density at radius 2 is 0.861 bits per heavy atom. The van der Waals surface area contributed by atoms with Gasteiger partial charge in [0.25, 0.3) is 0 Å². The minimum Gasteiger partial charge on any atom is -0.491 e. The second kappa shape index (κ2) is 25.0. The third-order valence-electron chi connectivity index (χ3n) is 4.42. The number of benzene rings is 1. The number of ether oxygens (including phenoxy) is 9. The van der Waals surface area contributed by atoms with Crippen LogP contribution in [0.4, 0.5) is 0 Å². The van der Waals surface area contributed by atoms with Gasteiger partial charge in [0.15, 0.2) is 0 Å². The van der Waals surface area contributed by atoms with Gasteiger partial charge in [0.05, 0.1) is 105 Å². The molecule has 1 aromatic carbocycles. The van der Waals surface area contributed by atoms with Crippen LogP contribution in [0.1, 0.15) is 24.2 Å². The first-order chi connectivity index (χ1) is 17.7. The molecule has 0 aliphatic heterocycles. The van der Waals surface area contributed by atoms with Crippen LogP contribution in [0.15, 0.2) is 24.3 Å². The zero-order valence-corrected chi connectivity index (χ0v) is 21.9. The van der Waals surface area contributed by atoms with Gasteiger partial charge in [-0.1, -0.05) is 0 Å².